The molecule has 106 valence electrons. The van der Waals surface area contributed by atoms with Gasteiger partial charge in [-0.1, -0.05) is 13.3 Å². The summed E-state index contributed by atoms with van der Waals surface area (Å²) < 4.78 is 5.36. The van der Waals surface area contributed by atoms with E-state index in [1.165, 1.54) is 12.8 Å². The number of aromatic nitrogens is 3. The fourth-order valence-electron chi connectivity index (χ4n) is 1.89. The minimum absolute atomic E-state index is 0.322. The van der Waals surface area contributed by atoms with Gasteiger partial charge in [-0.3, -0.25) is 5.43 Å². The Kier molecular flexibility index (Phi) is 4.73. The predicted octanol–water partition coefficient (Wildman–Crippen LogP) is 1.32. The van der Waals surface area contributed by atoms with Crippen LogP contribution in [-0.4, -0.2) is 34.1 Å². The third-order valence-electron chi connectivity index (χ3n) is 3.00. The van der Waals surface area contributed by atoms with Gasteiger partial charge in [-0.2, -0.15) is 15.0 Å². The van der Waals surface area contributed by atoms with E-state index < -0.39 is 0 Å². The number of hydrogen-bond acceptors (Lipinski definition) is 7. The molecule has 0 unspecified atom stereocenters. The predicted molar refractivity (Wildman–Crippen MR) is 74.1 cm³/mol. The molecular weight excluding hydrogens is 244 g/mol. The molecule has 7 heteroatoms. The first-order valence-corrected chi connectivity index (χ1v) is 6.90. The van der Waals surface area contributed by atoms with E-state index in [1.54, 1.807) is 0 Å². The minimum atomic E-state index is 0.322. The summed E-state index contributed by atoms with van der Waals surface area (Å²) in [5.74, 6) is 6.40. The Labute approximate surface area is 113 Å². The molecule has 1 aromatic rings. The fourth-order valence-corrected chi connectivity index (χ4v) is 1.89. The van der Waals surface area contributed by atoms with Crippen LogP contribution in [0, 0.1) is 0 Å². The van der Waals surface area contributed by atoms with Crippen LogP contribution in [0.4, 0.5) is 11.9 Å². The standard InChI is InChI=1S/C12H22N6O/c1-3-5-8-18(9-6-7-9)11-14-10(17-13)15-12(16-11)19-4-2/h9H,3-8,13H2,1-2H3,(H,14,15,16,17). The van der Waals surface area contributed by atoms with E-state index in [1.807, 2.05) is 6.92 Å². The summed E-state index contributed by atoms with van der Waals surface area (Å²) in [4.78, 5) is 15.0. The topological polar surface area (TPSA) is 89.2 Å². The molecule has 0 radical (unpaired) electrons. The maximum Gasteiger partial charge on any atom is 0.323 e. The van der Waals surface area contributed by atoms with Gasteiger partial charge in [0.25, 0.3) is 0 Å². The number of rotatable bonds is 8. The Morgan fingerprint density at radius 2 is 2.11 bits per heavy atom. The maximum atomic E-state index is 5.40. The summed E-state index contributed by atoms with van der Waals surface area (Å²) in [6.45, 7) is 5.55. The van der Waals surface area contributed by atoms with Crippen LogP contribution in [0.2, 0.25) is 0 Å². The van der Waals surface area contributed by atoms with Gasteiger partial charge in [-0.05, 0) is 26.2 Å². The SMILES string of the molecule is CCCCN(c1nc(NN)nc(OCC)n1)C1CC1. The molecule has 1 saturated carbocycles. The lowest BCUT2D eigenvalue weighted by molar-refractivity contribution is 0.312. The van der Waals surface area contributed by atoms with Gasteiger partial charge >= 0.3 is 6.01 Å². The minimum Gasteiger partial charge on any atom is -0.464 e. The molecule has 19 heavy (non-hydrogen) atoms. The van der Waals surface area contributed by atoms with Crippen LogP contribution in [-0.2, 0) is 0 Å². The second kappa shape index (κ2) is 6.51. The zero-order valence-corrected chi connectivity index (χ0v) is 11.6. The van der Waals surface area contributed by atoms with E-state index >= 15 is 0 Å². The van der Waals surface area contributed by atoms with Crippen LogP contribution in [0.5, 0.6) is 6.01 Å². The Balaban J connectivity index is 2.21. The summed E-state index contributed by atoms with van der Waals surface area (Å²) >= 11 is 0. The smallest absolute Gasteiger partial charge is 0.323 e. The Hall–Kier alpha value is -1.63. The average molecular weight is 266 g/mol. The van der Waals surface area contributed by atoms with E-state index in [4.69, 9.17) is 10.6 Å². The lowest BCUT2D eigenvalue weighted by Crippen LogP contribution is -2.29. The van der Waals surface area contributed by atoms with Crippen LogP contribution in [0.25, 0.3) is 0 Å². The third kappa shape index (κ3) is 3.66. The van der Waals surface area contributed by atoms with Crippen molar-refractivity contribution in [1.29, 1.82) is 0 Å². The highest BCUT2D eigenvalue weighted by Gasteiger charge is 2.31. The Morgan fingerprint density at radius 3 is 2.68 bits per heavy atom. The van der Waals surface area contributed by atoms with Crippen molar-refractivity contribution in [3.05, 3.63) is 0 Å². The molecule has 0 saturated heterocycles. The molecule has 0 amide bonds. The van der Waals surface area contributed by atoms with E-state index in [2.05, 4.69) is 32.2 Å². The van der Waals surface area contributed by atoms with Crippen molar-refractivity contribution in [3.63, 3.8) is 0 Å². The van der Waals surface area contributed by atoms with Gasteiger partial charge in [0.2, 0.25) is 11.9 Å². The van der Waals surface area contributed by atoms with Crippen molar-refractivity contribution in [2.45, 2.75) is 45.6 Å². The van der Waals surface area contributed by atoms with Gasteiger partial charge in [0.15, 0.2) is 0 Å². The highest BCUT2D eigenvalue weighted by Crippen LogP contribution is 2.30. The molecule has 0 spiro atoms. The average Bonchev–Trinajstić information content (AvgIpc) is 3.24. The van der Waals surface area contributed by atoms with Gasteiger partial charge in [0.05, 0.1) is 6.61 Å². The lowest BCUT2D eigenvalue weighted by Gasteiger charge is -2.22. The second-order valence-corrected chi connectivity index (χ2v) is 4.60. The van der Waals surface area contributed by atoms with Crippen molar-refractivity contribution in [1.82, 2.24) is 15.0 Å². The quantitative estimate of drug-likeness (QED) is 0.542. The van der Waals surface area contributed by atoms with Gasteiger partial charge in [0, 0.05) is 12.6 Å². The highest BCUT2D eigenvalue weighted by molar-refractivity contribution is 5.40. The van der Waals surface area contributed by atoms with Crippen LogP contribution >= 0.6 is 0 Å². The first kappa shape index (κ1) is 13.8. The molecule has 3 N–H and O–H groups in total. The number of hydrogen-bond donors (Lipinski definition) is 2. The molecular formula is C12H22N6O. The summed E-state index contributed by atoms with van der Waals surface area (Å²) in [6.07, 6.45) is 4.67. The number of nitrogens with two attached hydrogens (primary N) is 1. The Bertz CT molecular complexity index is 409. The Morgan fingerprint density at radius 1 is 1.32 bits per heavy atom. The summed E-state index contributed by atoms with van der Waals surface area (Å²) in [5.41, 5.74) is 2.47. The third-order valence-corrected chi connectivity index (χ3v) is 3.00. The van der Waals surface area contributed by atoms with E-state index in [0.29, 0.717) is 30.6 Å². The lowest BCUT2D eigenvalue weighted by atomic mass is 10.3. The zero-order valence-electron chi connectivity index (χ0n) is 11.6. The number of unbranched alkanes of at least 4 members (excludes halogenated alkanes) is 1. The maximum absolute atomic E-state index is 5.40. The van der Waals surface area contributed by atoms with Crippen LogP contribution in [0.15, 0.2) is 0 Å². The summed E-state index contributed by atoms with van der Waals surface area (Å²) in [6, 6.07) is 0.872. The molecule has 1 heterocycles. The fraction of sp³-hybridized carbons (Fsp3) is 0.750. The normalized spacial score (nSPS) is 14.3. The van der Waals surface area contributed by atoms with Gasteiger partial charge in [-0.15, -0.1) is 0 Å². The molecule has 7 nitrogen and oxygen atoms in total. The summed E-state index contributed by atoms with van der Waals surface area (Å²) in [7, 11) is 0. The van der Waals surface area contributed by atoms with Crippen molar-refractivity contribution in [3.8, 4) is 6.01 Å². The molecule has 0 bridgehead atoms. The molecule has 2 rings (SSSR count). The largest absolute Gasteiger partial charge is 0.464 e. The van der Waals surface area contributed by atoms with Gasteiger partial charge in [0.1, 0.15) is 0 Å². The number of nitrogens with zero attached hydrogens (tertiary/aromatic N) is 4. The first-order chi connectivity index (χ1) is 9.28. The molecule has 0 aliphatic heterocycles. The van der Waals surface area contributed by atoms with Crippen LogP contribution in [0.3, 0.4) is 0 Å². The molecule has 1 fully saturated rings. The van der Waals surface area contributed by atoms with Crippen molar-refractivity contribution < 1.29 is 4.74 Å². The number of hydrazine groups is 1. The number of anilines is 2. The van der Waals surface area contributed by atoms with E-state index in [0.717, 1.165) is 19.4 Å². The summed E-state index contributed by atoms with van der Waals surface area (Å²) in [5, 5.41) is 0. The van der Waals surface area contributed by atoms with Crippen molar-refractivity contribution >= 4 is 11.9 Å². The van der Waals surface area contributed by atoms with Crippen molar-refractivity contribution in [2.24, 2.45) is 5.84 Å². The second-order valence-electron chi connectivity index (χ2n) is 4.60. The number of ether oxygens (including phenoxy) is 1. The highest BCUT2D eigenvalue weighted by atomic mass is 16.5. The molecule has 1 aliphatic rings. The molecule has 1 aliphatic carbocycles. The zero-order chi connectivity index (χ0) is 13.7. The molecule has 0 atom stereocenters. The van der Waals surface area contributed by atoms with Gasteiger partial charge < -0.3 is 9.64 Å². The van der Waals surface area contributed by atoms with E-state index in [-0.39, 0.29) is 0 Å². The van der Waals surface area contributed by atoms with Crippen molar-refractivity contribution in [2.75, 3.05) is 23.5 Å². The van der Waals surface area contributed by atoms with Crippen LogP contribution < -0.4 is 20.9 Å². The number of nitrogen functional groups attached to an aromatic ring is 1. The number of nitrogens with one attached hydrogen (secondary N) is 1. The first-order valence-electron chi connectivity index (χ1n) is 6.90. The molecule has 0 aromatic carbocycles. The van der Waals surface area contributed by atoms with Gasteiger partial charge in [-0.25, -0.2) is 5.84 Å². The van der Waals surface area contributed by atoms with Crippen LogP contribution in [0.1, 0.15) is 39.5 Å². The monoisotopic (exact) mass is 266 g/mol. The van der Waals surface area contributed by atoms with E-state index in [9.17, 15) is 0 Å². The molecule has 1 aromatic heterocycles.